The summed E-state index contributed by atoms with van der Waals surface area (Å²) >= 11 is 0. The lowest BCUT2D eigenvalue weighted by atomic mass is 10.3. The molecule has 0 aromatic rings. The van der Waals surface area contributed by atoms with Crippen molar-refractivity contribution in [2.75, 3.05) is 0 Å². The Kier molecular flexibility index (Phi) is 2.19. The molecule has 0 aliphatic heterocycles. The minimum atomic E-state index is 0.384. The van der Waals surface area contributed by atoms with E-state index in [0.29, 0.717) is 6.04 Å². The molecule has 0 fully saturated rings. The molecule has 0 aliphatic carbocycles. The van der Waals surface area contributed by atoms with Crippen LogP contribution >= 0.6 is 0 Å². The molecule has 1 heteroatoms. The first-order valence-corrected chi connectivity index (χ1v) is 1.93. The van der Waals surface area contributed by atoms with Gasteiger partial charge in [0, 0.05) is 6.92 Å². The molecule has 0 aliphatic rings. The molecule has 0 rings (SSSR count). The summed E-state index contributed by atoms with van der Waals surface area (Å²) in [6, 6.07) is 0.384. The van der Waals surface area contributed by atoms with Gasteiger partial charge in [0.25, 0.3) is 0 Å². The summed E-state index contributed by atoms with van der Waals surface area (Å²) in [5.74, 6) is 0. The van der Waals surface area contributed by atoms with E-state index in [1.807, 2.05) is 0 Å². The van der Waals surface area contributed by atoms with E-state index in [4.69, 9.17) is 0 Å². The Morgan fingerprint density at radius 2 is 2.20 bits per heavy atom. The van der Waals surface area contributed by atoms with E-state index in [0.717, 1.165) is 6.42 Å². The van der Waals surface area contributed by atoms with Gasteiger partial charge in [-0.15, -0.1) is 0 Å². The first-order valence-electron chi connectivity index (χ1n) is 1.93. The van der Waals surface area contributed by atoms with Gasteiger partial charge in [0.05, 0.1) is 6.04 Å². The molecule has 0 amide bonds. The molecule has 3 N–H and O–H groups in total. The minimum absolute atomic E-state index is 0.384. The molecular formula is C4H11N+. The van der Waals surface area contributed by atoms with E-state index in [-0.39, 0.29) is 0 Å². The predicted octanol–water partition coefficient (Wildman–Crippen LogP) is -0.159. The summed E-state index contributed by atoms with van der Waals surface area (Å²) in [6.45, 7) is 5.72. The predicted molar refractivity (Wildman–Crippen MR) is 22.3 cm³/mol. The van der Waals surface area contributed by atoms with Crippen molar-refractivity contribution in [2.24, 2.45) is 0 Å². The summed E-state index contributed by atoms with van der Waals surface area (Å²) in [6.07, 6.45) is 1.08. The Balaban J connectivity index is 2.54. The second-order valence-electron chi connectivity index (χ2n) is 1.27. The largest absolute Gasteiger partial charge is 0.355 e. The van der Waals surface area contributed by atoms with Gasteiger partial charge in [-0.3, -0.25) is 0 Å². The van der Waals surface area contributed by atoms with Gasteiger partial charge in [0.2, 0.25) is 0 Å². The number of hydrogen-bond donors (Lipinski definition) is 1. The molecule has 0 saturated heterocycles. The van der Waals surface area contributed by atoms with Crippen LogP contribution in [0.5, 0.6) is 0 Å². The van der Waals surface area contributed by atoms with Crippen molar-refractivity contribution in [2.45, 2.75) is 19.4 Å². The molecule has 1 atom stereocenters. The standard InChI is InChI=1S/C4H10N/c1-3-4(2)5/h4H,2-3,5H2,1H3/p+1. The number of quaternary nitrogens is 1. The molecule has 0 bridgehead atoms. The molecule has 0 aromatic carbocycles. The summed E-state index contributed by atoms with van der Waals surface area (Å²) < 4.78 is 0. The molecule has 0 heterocycles. The van der Waals surface area contributed by atoms with E-state index >= 15 is 0 Å². The van der Waals surface area contributed by atoms with Gasteiger partial charge < -0.3 is 5.73 Å². The van der Waals surface area contributed by atoms with Crippen molar-refractivity contribution < 1.29 is 5.73 Å². The summed E-state index contributed by atoms with van der Waals surface area (Å²) in [5, 5.41) is 0. The first kappa shape index (κ1) is 4.96. The smallest absolute Gasteiger partial charge is 0.0843 e. The highest BCUT2D eigenvalue weighted by Gasteiger charge is 1.84. The fraction of sp³-hybridized carbons (Fsp3) is 0.750. The van der Waals surface area contributed by atoms with E-state index in [9.17, 15) is 0 Å². The van der Waals surface area contributed by atoms with Crippen LogP contribution in [0.15, 0.2) is 0 Å². The average molecular weight is 73.1 g/mol. The van der Waals surface area contributed by atoms with Gasteiger partial charge >= 0.3 is 0 Å². The molecular weight excluding hydrogens is 62.1 g/mol. The van der Waals surface area contributed by atoms with Crippen LogP contribution in [0.2, 0.25) is 0 Å². The highest BCUT2D eigenvalue weighted by atomic mass is 14.6. The molecule has 0 saturated carbocycles. The summed E-state index contributed by atoms with van der Waals surface area (Å²) in [5.41, 5.74) is 3.65. The Labute approximate surface area is 33.2 Å². The molecule has 0 aromatic heterocycles. The van der Waals surface area contributed by atoms with Crippen molar-refractivity contribution in [3.8, 4) is 0 Å². The monoisotopic (exact) mass is 73.1 g/mol. The van der Waals surface area contributed by atoms with Crippen molar-refractivity contribution in [3.05, 3.63) is 6.92 Å². The van der Waals surface area contributed by atoms with Crippen LogP contribution in [-0.4, -0.2) is 6.04 Å². The van der Waals surface area contributed by atoms with Crippen LogP contribution in [0.1, 0.15) is 13.3 Å². The van der Waals surface area contributed by atoms with Crippen LogP contribution in [0.3, 0.4) is 0 Å². The van der Waals surface area contributed by atoms with E-state index in [1.165, 1.54) is 0 Å². The summed E-state index contributed by atoms with van der Waals surface area (Å²) in [4.78, 5) is 0. The fourth-order valence-corrected chi connectivity index (χ4v) is 0. The van der Waals surface area contributed by atoms with Gasteiger partial charge in [0.1, 0.15) is 0 Å². The highest BCUT2D eigenvalue weighted by molar-refractivity contribution is 4.47. The Bertz CT molecular complexity index is 17.6. The number of hydrogen-bond acceptors (Lipinski definition) is 0. The average Bonchev–Trinajstić information content (AvgIpc) is 1.38. The van der Waals surface area contributed by atoms with Crippen LogP contribution in [0.4, 0.5) is 0 Å². The van der Waals surface area contributed by atoms with Gasteiger partial charge in [-0.2, -0.15) is 0 Å². The lowest BCUT2D eigenvalue weighted by Crippen LogP contribution is -2.58. The zero-order valence-corrected chi connectivity index (χ0v) is 3.70. The third-order valence-electron chi connectivity index (χ3n) is 0.577. The van der Waals surface area contributed by atoms with E-state index < -0.39 is 0 Å². The lowest BCUT2D eigenvalue weighted by molar-refractivity contribution is -0.404. The van der Waals surface area contributed by atoms with Crippen molar-refractivity contribution >= 4 is 0 Å². The molecule has 5 heavy (non-hydrogen) atoms. The molecule has 1 nitrogen and oxygen atoms in total. The maximum atomic E-state index is 3.65. The maximum absolute atomic E-state index is 3.65. The van der Waals surface area contributed by atoms with E-state index in [2.05, 4.69) is 19.6 Å². The normalized spacial score (nSPS) is 15.0. The van der Waals surface area contributed by atoms with Crippen molar-refractivity contribution in [3.63, 3.8) is 0 Å². The lowest BCUT2D eigenvalue weighted by Gasteiger charge is -1.87. The van der Waals surface area contributed by atoms with Crippen LogP contribution in [-0.2, 0) is 0 Å². The topological polar surface area (TPSA) is 27.6 Å². The van der Waals surface area contributed by atoms with Gasteiger partial charge in [-0.05, 0) is 6.42 Å². The Hall–Kier alpha value is -0.0400. The second kappa shape index (κ2) is 2.21. The first-order chi connectivity index (χ1) is 2.27. The quantitative estimate of drug-likeness (QED) is 0.447. The van der Waals surface area contributed by atoms with Crippen LogP contribution in [0.25, 0.3) is 0 Å². The minimum Gasteiger partial charge on any atom is -0.355 e. The fourth-order valence-electron chi connectivity index (χ4n) is 0. The SMILES string of the molecule is [CH2]C([NH3+])CC. The highest BCUT2D eigenvalue weighted by Crippen LogP contribution is 1.73. The third kappa shape index (κ3) is 3.96. The van der Waals surface area contributed by atoms with Crippen molar-refractivity contribution in [1.82, 2.24) is 0 Å². The molecule has 0 spiro atoms. The van der Waals surface area contributed by atoms with Crippen molar-refractivity contribution in [1.29, 1.82) is 0 Å². The zero-order chi connectivity index (χ0) is 4.28. The molecule has 1 radical (unpaired) electrons. The van der Waals surface area contributed by atoms with Gasteiger partial charge in [-0.25, -0.2) is 0 Å². The van der Waals surface area contributed by atoms with E-state index in [1.54, 1.807) is 0 Å². The maximum Gasteiger partial charge on any atom is 0.0843 e. The van der Waals surface area contributed by atoms with Crippen LogP contribution in [0, 0.1) is 6.92 Å². The Morgan fingerprint density at radius 1 is 2.00 bits per heavy atom. The number of rotatable bonds is 1. The van der Waals surface area contributed by atoms with Gasteiger partial charge in [-0.1, -0.05) is 6.92 Å². The third-order valence-corrected chi connectivity index (χ3v) is 0.577. The summed E-state index contributed by atoms with van der Waals surface area (Å²) in [7, 11) is 0. The Morgan fingerprint density at radius 3 is 2.20 bits per heavy atom. The zero-order valence-electron chi connectivity index (χ0n) is 3.70. The molecule has 1 unspecified atom stereocenters. The van der Waals surface area contributed by atoms with Gasteiger partial charge in [0.15, 0.2) is 0 Å². The second-order valence-corrected chi connectivity index (χ2v) is 1.27. The molecule has 31 valence electrons. The van der Waals surface area contributed by atoms with Crippen LogP contribution < -0.4 is 5.73 Å².